The normalized spacial score (nSPS) is 13.3. The number of hydrogen-bond acceptors (Lipinski definition) is 11. The summed E-state index contributed by atoms with van der Waals surface area (Å²) < 4.78 is 62.9. The summed E-state index contributed by atoms with van der Waals surface area (Å²) >= 11 is 0. The number of halogens is 1. The maximum atomic E-state index is 16.6. The van der Waals surface area contributed by atoms with Crippen LogP contribution in [0.5, 0.6) is 5.75 Å². The minimum absolute atomic E-state index is 0.0439. The molecule has 0 radical (unpaired) electrons. The predicted molar refractivity (Wildman–Crippen MR) is 193 cm³/mol. The third-order valence-electron chi connectivity index (χ3n) is 8.67. The summed E-state index contributed by atoms with van der Waals surface area (Å²) in [6.45, 7) is 6.05. The molecular weight excluding hydrogens is 676 g/mol. The van der Waals surface area contributed by atoms with Crippen molar-refractivity contribution >= 4 is 44.0 Å². The molecule has 14 heteroatoms. The summed E-state index contributed by atoms with van der Waals surface area (Å²) in [5.74, 6) is 0.0276. The Hall–Kier alpha value is -5.18. The fourth-order valence-corrected chi connectivity index (χ4v) is 7.07. The highest BCUT2D eigenvalue weighted by molar-refractivity contribution is 7.89. The summed E-state index contributed by atoms with van der Waals surface area (Å²) in [4.78, 5) is 28.1. The van der Waals surface area contributed by atoms with Gasteiger partial charge in [-0.2, -0.15) is 0 Å². The Balaban J connectivity index is 1.49. The number of sulfonamides is 1. The number of carbonyl (C=O) groups is 1. The molecule has 0 saturated carbocycles. The van der Waals surface area contributed by atoms with E-state index >= 15 is 4.39 Å². The van der Waals surface area contributed by atoms with Gasteiger partial charge in [0.15, 0.2) is 0 Å². The van der Waals surface area contributed by atoms with E-state index in [4.69, 9.17) is 14.2 Å². The Morgan fingerprint density at radius 3 is 2.43 bits per heavy atom. The molecule has 0 bridgehead atoms. The summed E-state index contributed by atoms with van der Waals surface area (Å²) in [5, 5.41) is 3.12. The quantitative estimate of drug-likeness (QED) is 0.151. The molecule has 2 aromatic heterocycles. The highest BCUT2D eigenvalue weighted by Gasteiger charge is 2.26. The van der Waals surface area contributed by atoms with E-state index in [1.807, 2.05) is 18.7 Å². The first-order valence-corrected chi connectivity index (χ1v) is 18.1. The molecule has 0 spiro atoms. The van der Waals surface area contributed by atoms with E-state index < -0.39 is 21.8 Å². The fourth-order valence-electron chi connectivity index (χ4n) is 5.95. The van der Waals surface area contributed by atoms with Crippen molar-refractivity contribution in [3.63, 3.8) is 0 Å². The summed E-state index contributed by atoms with van der Waals surface area (Å²) in [6, 6.07) is 15.0. The average Bonchev–Trinajstić information content (AvgIpc) is 3.16. The van der Waals surface area contributed by atoms with E-state index in [9.17, 15) is 13.2 Å². The van der Waals surface area contributed by atoms with Gasteiger partial charge < -0.3 is 24.4 Å². The molecule has 1 fully saturated rings. The zero-order valence-electron chi connectivity index (χ0n) is 28.8. The molecule has 3 heterocycles. The summed E-state index contributed by atoms with van der Waals surface area (Å²) in [5.41, 5.74) is 4.04. The van der Waals surface area contributed by atoms with Gasteiger partial charge in [-0.05, 0) is 60.0 Å². The van der Waals surface area contributed by atoms with Crippen LogP contribution in [0.1, 0.15) is 41.3 Å². The minimum Gasteiger partial charge on any atom is -0.497 e. The number of benzene rings is 3. The van der Waals surface area contributed by atoms with Crippen molar-refractivity contribution in [2.24, 2.45) is 0 Å². The number of rotatable bonds is 12. The molecule has 6 rings (SSSR count). The number of methoxy groups -OCH3 is 2. The molecule has 3 aromatic carbocycles. The molecule has 0 amide bonds. The molecule has 266 valence electrons. The SMILES string of the molecule is CCc1ncc(-c2cc(F)c3c(Nc4cc(C(=O)OC)cc(N5CCOCC5)c4)c(S(=O)(=O)NCc4ccc(OC)cc4)cnc3c2)c(CC)n1. The highest BCUT2D eigenvalue weighted by atomic mass is 32.2. The number of morpholine rings is 1. The number of nitrogens with zero attached hydrogens (tertiary/aromatic N) is 4. The molecule has 2 N–H and O–H groups in total. The van der Waals surface area contributed by atoms with E-state index in [1.165, 1.54) is 25.4 Å². The first-order chi connectivity index (χ1) is 24.6. The van der Waals surface area contributed by atoms with Crippen LogP contribution < -0.4 is 19.7 Å². The van der Waals surface area contributed by atoms with Gasteiger partial charge in [0.05, 0.1) is 55.3 Å². The van der Waals surface area contributed by atoms with E-state index in [0.29, 0.717) is 78.8 Å². The second kappa shape index (κ2) is 15.4. The molecule has 51 heavy (non-hydrogen) atoms. The number of anilines is 3. The third-order valence-corrected chi connectivity index (χ3v) is 10.1. The van der Waals surface area contributed by atoms with Gasteiger partial charge >= 0.3 is 5.97 Å². The third kappa shape index (κ3) is 7.77. The lowest BCUT2D eigenvalue weighted by Gasteiger charge is -2.29. The fraction of sp³-hybridized carbons (Fsp3) is 0.297. The van der Waals surface area contributed by atoms with Gasteiger partial charge in [-0.15, -0.1) is 0 Å². The first-order valence-electron chi connectivity index (χ1n) is 16.6. The lowest BCUT2D eigenvalue weighted by molar-refractivity contribution is 0.0600. The molecule has 0 aliphatic carbocycles. The molecule has 1 aliphatic heterocycles. The zero-order valence-corrected chi connectivity index (χ0v) is 29.6. The van der Waals surface area contributed by atoms with E-state index in [-0.39, 0.29) is 33.6 Å². The Morgan fingerprint density at radius 2 is 1.75 bits per heavy atom. The lowest BCUT2D eigenvalue weighted by Crippen LogP contribution is -2.36. The maximum Gasteiger partial charge on any atom is 0.337 e. The van der Waals surface area contributed by atoms with Crippen LogP contribution in [-0.2, 0) is 38.9 Å². The van der Waals surface area contributed by atoms with Gasteiger partial charge in [-0.25, -0.2) is 32.3 Å². The molecular formula is C37H39FN6O6S. The molecule has 1 saturated heterocycles. The van der Waals surface area contributed by atoms with Crippen LogP contribution >= 0.6 is 0 Å². The first kappa shape index (κ1) is 35.6. The van der Waals surface area contributed by atoms with Crippen LogP contribution in [-0.4, -0.2) is 69.9 Å². The molecule has 5 aromatic rings. The number of fused-ring (bicyclic) bond motifs is 1. The number of pyridine rings is 1. The Morgan fingerprint density at radius 1 is 0.980 bits per heavy atom. The van der Waals surface area contributed by atoms with Crippen LogP contribution in [0.3, 0.4) is 0 Å². The van der Waals surface area contributed by atoms with Gasteiger partial charge in [-0.1, -0.05) is 26.0 Å². The lowest BCUT2D eigenvalue weighted by atomic mass is 10.0. The van der Waals surface area contributed by atoms with Crippen LogP contribution in [0, 0.1) is 5.82 Å². The van der Waals surface area contributed by atoms with E-state index in [2.05, 4.69) is 25.0 Å². The number of ether oxygens (including phenoxy) is 3. The monoisotopic (exact) mass is 714 g/mol. The standard InChI is InChI=1S/C37H39FN6O6S/c1-5-31-29(21-40-34(6-2)43-31)24-17-30(38)35-32(18-24)39-22-33(51(46,47)41-20-23-7-9-28(48-3)10-8-23)36(35)42-26-15-25(37(45)49-4)16-27(19-26)44-11-13-50-14-12-44/h7-10,15-19,21-22,41H,5-6,11-14,20H2,1-4H3,(H,39,42). The van der Waals surface area contributed by atoms with Crippen LogP contribution in [0.2, 0.25) is 0 Å². The van der Waals surface area contributed by atoms with Gasteiger partial charge in [0, 0.05) is 55.4 Å². The van der Waals surface area contributed by atoms with Crippen molar-refractivity contribution in [1.29, 1.82) is 0 Å². The molecule has 0 unspecified atom stereocenters. The molecule has 0 atom stereocenters. The highest BCUT2D eigenvalue weighted by Crippen LogP contribution is 2.38. The maximum absolute atomic E-state index is 16.6. The Kier molecular flexibility index (Phi) is 10.7. The van der Waals surface area contributed by atoms with E-state index in [0.717, 1.165) is 5.69 Å². The number of aryl methyl sites for hydroxylation is 2. The summed E-state index contributed by atoms with van der Waals surface area (Å²) in [7, 11) is -1.46. The second-order valence-electron chi connectivity index (χ2n) is 11.9. The number of aromatic nitrogens is 3. The smallest absolute Gasteiger partial charge is 0.337 e. The van der Waals surface area contributed by atoms with Crippen molar-refractivity contribution in [3.05, 3.63) is 95.5 Å². The Bertz CT molecular complexity index is 2180. The Labute approximate surface area is 296 Å². The minimum atomic E-state index is -4.29. The molecule has 1 aliphatic rings. The van der Waals surface area contributed by atoms with Crippen molar-refractivity contribution in [2.75, 3.05) is 50.7 Å². The number of nitrogens with one attached hydrogen (secondary N) is 2. The van der Waals surface area contributed by atoms with E-state index in [1.54, 1.807) is 55.8 Å². The van der Waals surface area contributed by atoms with Crippen molar-refractivity contribution in [1.82, 2.24) is 19.7 Å². The number of hydrogen-bond donors (Lipinski definition) is 2. The van der Waals surface area contributed by atoms with Gasteiger partial charge in [0.25, 0.3) is 0 Å². The van der Waals surface area contributed by atoms with Crippen LogP contribution in [0.25, 0.3) is 22.0 Å². The number of carbonyl (C=O) groups excluding carboxylic acids is 1. The predicted octanol–water partition coefficient (Wildman–Crippen LogP) is 5.81. The second-order valence-corrected chi connectivity index (χ2v) is 13.6. The van der Waals surface area contributed by atoms with Crippen LogP contribution in [0.15, 0.2) is 71.9 Å². The van der Waals surface area contributed by atoms with Crippen molar-refractivity contribution in [2.45, 2.75) is 38.1 Å². The van der Waals surface area contributed by atoms with Gasteiger partial charge in [0.2, 0.25) is 10.0 Å². The average molecular weight is 715 g/mol. The summed E-state index contributed by atoms with van der Waals surface area (Å²) in [6.07, 6.45) is 4.14. The van der Waals surface area contributed by atoms with Crippen molar-refractivity contribution < 1.29 is 31.8 Å². The topological polar surface area (TPSA) is 145 Å². The van der Waals surface area contributed by atoms with Gasteiger partial charge in [0.1, 0.15) is 22.3 Å². The number of esters is 1. The van der Waals surface area contributed by atoms with Crippen molar-refractivity contribution in [3.8, 4) is 16.9 Å². The largest absolute Gasteiger partial charge is 0.497 e. The molecule has 12 nitrogen and oxygen atoms in total. The van der Waals surface area contributed by atoms with Gasteiger partial charge in [-0.3, -0.25) is 4.98 Å². The van der Waals surface area contributed by atoms with Crippen LogP contribution in [0.4, 0.5) is 21.5 Å². The zero-order chi connectivity index (χ0) is 36.1.